The number of primary amides is 1. The molecule has 1 aromatic carbocycles. The van der Waals surface area contributed by atoms with Crippen molar-refractivity contribution in [2.24, 2.45) is 10.7 Å². The van der Waals surface area contributed by atoms with Crippen LogP contribution in [0, 0.1) is 17.5 Å². The minimum Gasteiger partial charge on any atom is -0.370 e. The van der Waals surface area contributed by atoms with Crippen molar-refractivity contribution in [2.45, 2.75) is 52.0 Å². The van der Waals surface area contributed by atoms with Gasteiger partial charge in [-0.2, -0.15) is 0 Å². The van der Waals surface area contributed by atoms with Gasteiger partial charge in [-0.1, -0.05) is 0 Å². The smallest absolute Gasteiger partial charge is 0.217 e. The summed E-state index contributed by atoms with van der Waals surface area (Å²) in [5, 5.41) is 9.33. The first-order valence-corrected chi connectivity index (χ1v) is 9.54. The summed E-state index contributed by atoms with van der Waals surface area (Å²) in [7, 11) is 0. The number of amides is 1. The van der Waals surface area contributed by atoms with E-state index in [0.717, 1.165) is 0 Å². The molecule has 0 aliphatic carbocycles. The lowest BCUT2D eigenvalue weighted by molar-refractivity contribution is -0.118. The lowest BCUT2D eigenvalue weighted by atomic mass is 10.2. The van der Waals surface area contributed by atoms with E-state index in [0.29, 0.717) is 29.4 Å². The van der Waals surface area contributed by atoms with Crippen molar-refractivity contribution in [1.29, 1.82) is 0 Å². The summed E-state index contributed by atoms with van der Waals surface area (Å²) in [6.45, 7) is 5.75. The topological polar surface area (TPSA) is 109 Å². The standard InChI is InChI=1S/C19H24F3N7O/c1-9(2)25-18-24-8-14-17(28-18)29(10(3)4-5-15(23)30)19(26-14)27-16-12(21)6-11(20)7-13(16)22/h6-10,18,24-25H,4-5H2,1-3H3,(H2,23,30)(H,26,27)/t10-,18?/m0/s1. The highest BCUT2D eigenvalue weighted by Gasteiger charge is 2.22. The molecule has 0 saturated heterocycles. The lowest BCUT2D eigenvalue weighted by Gasteiger charge is -2.21. The molecule has 1 amide bonds. The van der Waals surface area contributed by atoms with E-state index in [1.807, 2.05) is 20.8 Å². The molecule has 0 bridgehead atoms. The molecule has 8 nitrogen and oxygen atoms in total. The van der Waals surface area contributed by atoms with Crippen molar-refractivity contribution in [3.05, 3.63) is 40.4 Å². The van der Waals surface area contributed by atoms with Gasteiger partial charge in [0, 0.05) is 36.8 Å². The third kappa shape index (κ3) is 4.73. The predicted octanol–water partition coefficient (Wildman–Crippen LogP) is 1.11. The van der Waals surface area contributed by atoms with Crippen LogP contribution >= 0.6 is 0 Å². The fourth-order valence-corrected chi connectivity index (χ4v) is 3.14. The average Bonchev–Trinajstić information content (AvgIpc) is 2.99. The summed E-state index contributed by atoms with van der Waals surface area (Å²) in [6.07, 6.45) is 1.69. The van der Waals surface area contributed by atoms with Crippen molar-refractivity contribution in [2.75, 3.05) is 5.32 Å². The van der Waals surface area contributed by atoms with Crippen LogP contribution in [-0.2, 0) is 4.79 Å². The maximum Gasteiger partial charge on any atom is 0.217 e. The molecule has 0 spiro atoms. The summed E-state index contributed by atoms with van der Waals surface area (Å²) in [5.74, 6) is -3.58. The first-order valence-electron chi connectivity index (χ1n) is 9.54. The molecule has 11 heteroatoms. The molecule has 1 aliphatic heterocycles. The first kappa shape index (κ1) is 21.6. The summed E-state index contributed by atoms with van der Waals surface area (Å²) in [6, 6.07) is 0.980. The Labute approximate surface area is 171 Å². The number of aromatic nitrogens is 2. The van der Waals surface area contributed by atoms with E-state index < -0.39 is 35.3 Å². The number of rotatable bonds is 8. The minimum absolute atomic E-state index is 0.105. The van der Waals surface area contributed by atoms with E-state index >= 15 is 0 Å². The van der Waals surface area contributed by atoms with Crippen molar-refractivity contribution >= 4 is 23.7 Å². The molecule has 0 fully saturated rings. The predicted molar refractivity (Wildman–Crippen MR) is 105 cm³/mol. The summed E-state index contributed by atoms with van der Waals surface area (Å²) in [5.41, 5.74) is 5.19. The number of carbonyl (C=O) groups excluding carboxylic acids is 1. The Morgan fingerprint density at radius 3 is 2.53 bits per heavy atom. The summed E-state index contributed by atoms with van der Waals surface area (Å²) in [4.78, 5) is 20.2. The Hall–Kier alpha value is -3.08. The van der Waals surface area contributed by atoms with Crippen LogP contribution in [0.1, 0.15) is 39.7 Å². The number of hydrogen-bond donors (Lipinski definition) is 4. The zero-order valence-electron chi connectivity index (χ0n) is 16.8. The molecule has 0 radical (unpaired) electrons. The fourth-order valence-electron chi connectivity index (χ4n) is 3.14. The number of hydrogen-bond acceptors (Lipinski definition) is 6. The average molecular weight is 423 g/mol. The van der Waals surface area contributed by atoms with E-state index in [2.05, 4.69) is 25.9 Å². The number of benzene rings is 1. The van der Waals surface area contributed by atoms with Gasteiger partial charge in [-0.15, -0.1) is 0 Å². The molecule has 1 aromatic heterocycles. The molecule has 2 aromatic rings. The zero-order valence-corrected chi connectivity index (χ0v) is 16.8. The maximum absolute atomic E-state index is 14.2. The van der Waals surface area contributed by atoms with Gasteiger partial charge in [0.15, 0.2) is 23.4 Å². The SMILES string of the molecule is CC(C)NC1N=c2c(nc(Nc3c(F)cc(F)cc3F)n2[C@@H](C)CCC(N)=O)=CN1. The minimum atomic E-state index is -1.09. The Morgan fingerprint density at radius 1 is 1.27 bits per heavy atom. The van der Waals surface area contributed by atoms with Crippen LogP contribution in [-0.4, -0.2) is 27.8 Å². The third-order valence-electron chi connectivity index (χ3n) is 4.53. The van der Waals surface area contributed by atoms with Gasteiger partial charge in [-0.25, -0.2) is 23.1 Å². The van der Waals surface area contributed by atoms with Gasteiger partial charge in [0.2, 0.25) is 11.9 Å². The molecular formula is C19H24F3N7O. The highest BCUT2D eigenvalue weighted by Crippen LogP contribution is 2.25. The molecule has 5 N–H and O–H groups in total. The van der Waals surface area contributed by atoms with E-state index in [-0.39, 0.29) is 24.5 Å². The highest BCUT2D eigenvalue weighted by atomic mass is 19.1. The molecule has 2 heterocycles. The molecule has 1 aliphatic rings. The van der Waals surface area contributed by atoms with Crippen LogP contribution in [0.15, 0.2) is 17.1 Å². The van der Waals surface area contributed by atoms with Gasteiger partial charge in [-0.3, -0.25) is 14.7 Å². The normalized spacial score (nSPS) is 16.3. The Balaban J connectivity index is 2.08. The Morgan fingerprint density at radius 2 is 1.93 bits per heavy atom. The van der Waals surface area contributed by atoms with Crippen molar-refractivity contribution in [3.63, 3.8) is 0 Å². The lowest BCUT2D eigenvalue weighted by Crippen LogP contribution is -2.50. The number of nitrogens with two attached hydrogens (primary N) is 1. The Kier molecular flexibility index (Phi) is 6.30. The summed E-state index contributed by atoms with van der Waals surface area (Å²) < 4.78 is 43.3. The van der Waals surface area contributed by atoms with Gasteiger partial charge >= 0.3 is 0 Å². The second-order valence-corrected chi connectivity index (χ2v) is 7.40. The van der Waals surface area contributed by atoms with Gasteiger partial charge in [0.25, 0.3) is 0 Å². The van der Waals surface area contributed by atoms with E-state index in [1.54, 1.807) is 10.8 Å². The quantitative estimate of drug-likeness (QED) is 0.509. The number of nitrogens with one attached hydrogen (secondary N) is 3. The molecule has 30 heavy (non-hydrogen) atoms. The van der Waals surface area contributed by atoms with Crippen molar-refractivity contribution in [3.8, 4) is 0 Å². The number of nitrogens with zero attached hydrogens (tertiary/aromatic N) is 3. The van der Waals surface area contributed by atoms with Crippen LogP contribution in [0.4, 0.5) is 24.8 Å². The second kappa shape index (κ2) is 8.74. The van der Waals surface area contributed by atoms with E-state index in [9.17, 15) is 18.0 Å². The molecule has 3 rings (SSSR count). The fraction of sp³-hybridized carbons (Fsp3) is 0.421. The van der Waals surface area contributed by atoms with Gasteiger partial charge in [0.05, 0.1) is 0 Å². The highest BCUT2D eigenvalue weighted by molar-refractivity contribution is 5.73. The number of imidazole rings is 1. The third-order valence-corrected chi connectivity index (χ3v) is 4.53. The largest absolute Gasteiger partial charge is 0.370 e. The molecular weight excluding hydrogens is 399 g/mol. The first-order chi connectivity index (χ1) is 14.2. The molecule has 162 valence electrons. The Bertz CT molecular complexity index is 1040. The number of anilines is 2. The van der Waals surface area contributed by atoms with Gasteiger partial charge in [-0.05, 0) is 27.2 Å². The maximum atomic E-state index is 14.2. The molecule has 2 atom stereocenters. The second-order valence-electron chi connectivity index (χ2n) is 7.40. The van der Waals surface area contributed by atoms with Crippen molar-refractivity contribution in [1.82, 2.24) is 20.2 Å². The molecule has 1 unspecified atom stereocenters. The van der Waals surface area contributed by atoms with Crippen LogP contribution in [0.3, 0.4) is 0 Å². The van der Waals surface area contributed by atoms with E-state index in [4.69, 9.17) is 5.73 Å². The van der Waals surface area contributed by atoms with Crippen LogP contribution in [0.25, 0.3) is 6.20 Å². The number of carbonyl (C=O) groups is 1. The van der Waals surface area contributed by atoms with Crippen LogP contribution in [0.5, 0.6) is 0 Å². The number of fused-ring (bicyclic) bond motifs is 1. The van der Waals surface area contributed by atoms with E-state index in [1.165, 1.54) is 0 Å². The summed E-state index contributed by atoms with van der Waals surface area (Å²) >= 11 is 0. The number of halogens is 3. The van der Waals surface area contributed by atoms with Crippen LogP contribution in [0.2, 0.25) is 0 Å². The zero-order chi connectivity index (χ0) is 22.0. The van der Waals surface area contributed by atoms with Gasteiger partial charge < -0.3 is 16.4 Å². The molecule has 0 saturated carbocycles. The monoisotopic (exact) mass is 423 g/mol. The van der Waals surface area contributed by atoms with Crippen LogP contribution < -0.4 is 32.5 Å². The van der Waals surface area contributed by atoms with Gasteiger partial charge in [0.1, 0.15) is 16.9 Å². The van der Waals surface area contributed by atoms with Crippen molar-refractivity contribution < 1.29 is 18.0 Å².